The van der Waals surface area contributed by atoms with Crippen LogP contribution in [0.15, 0.2) is 6.07 Å². The number of nitrogens with one attached hydrogen (secondary N) is 1. The zero-order valence-corrected chi connectivity index (χ0v) is 10.7. The SMILES string of the molecule is CC1CC(Oc2cc(C(C)C(C)C)[nH]n2)C1. The Morgan fingerprint density at radius 1 is 1.38 bits per heavy atom. The Labute approximate surface area is 97.6 Å². The van der Waals surface area contributed by atoms with E-state index in [9.17, 15) is 0 Å². The minimum absolute atomic E-state index is 0.389. The van der Waals surface area contributed by atoms with Crippen LogP contribution in [0.1, 0.15) is 52.1 Å². The van der Waals surface area contributed by atoms with E-state index in [0.29, 0.717) is 17.9 Å². The minimum Gasteiger partial charge on any atom is -0.473 e. The van der Waals surface area contributed by atoms with Gasteiger partial charge in [-0.1, -0.05) is 27.7 Å². The Hall–Kier alpha value is -0.990. The molecule has 0 amide bonds. The maximum absolute atomic E-state index is 5.79. The summed E-state index contributed by atoms with van der Waals surface area (Å²) < 4.78 is 5.79. The van der Waals surface area contributed by atoms with E-state index in [4.69, 9.17) is 4.74 Å². The van der Waals surface area contributed by atoms with Crippen LogP contribution in [0.2, 0.25) is 0 Å². The summed E-state index contributed by atoms with van der Waals surface area (Å²) in [6.45, 7) is 8.92. The van der Waals surface area contributed by atoms with Gasteiger partial charge in [0.1, 0.15) is 6.10 Å². The van der Waals surface area contributed by atoms with Gasteiger partial charge in [0.15, 0.2) is 0 Å². The van der Waals surface area contributed by atoms with Gasteiger partial charge in [0.05, 0.1) is 0 Å². The third kappa shape index (κ3) is 2.39. The number of aromatic amines is 1. The van der Waals surface area contributed by atoms with Gasteiger partial charge >= 0.3 is 0 Å². The first-order valence-electron chi connectivity index (χ1n) is 6.28. The summed E-state index contributed by atoms with van der Waals surface area (Å²) >= 11 is 0. The van der Waals surface area contributed by atoms with Gasteiger partial charge in [0.25, 0.3) is 0 Å². The molecule has 1 atom stereocenters. The molecule has 0 aromatic carbocycles. The van der Waals surface area contributed by atoms with Gasteiger partial charge in [-0.15, -0.1) is 5.10 Å². The number of rotatable bonds is 4. The number of hydrogen-bond donors (Lipinski definition) is 1. The quantitative estimate of drug-likeness (QED) is 0.848. The van der Waals surface area contributed by atoms with Crippen molar-refractivity contribution < 1.29 is 4.74 Å². The molecule has 1 aromatic heterocycles. The van der Waals surface area contributed by atoms with Crippen LogP contribution in [-0.2, 0) is 0 Å². The molecule has 1 N–H and O–H groups in total. The Morgan fingerprint density at radius 2 is 2.06 bits per heavy atom. The number of hydrogen-bond acceptors (Lipinski definition) is 2. The standard InChI is InChI=1S/C13H22N2O/c1-8(2)10(4)12-7-13(15-14-12)16-11-5-9(3)6-11/h7-11H,5-6H2,1-4H3,(H,14,15). The zero-order valence-electron chi connectivity index (χ0n) is 10.7. The molecule has 0 spiro atoms. The van der Waals surface area contributed by atoms with Gasteiger partial charge in [-0.25, -0.2) is 0 Å². The third-order valence-corrected chi connectivity index (χ3v) is 3.68. The van der Waals surface area contributed by atoms with E-state index >= 15 is 0 Å². The average Bonchev–Trinajstić information content (AvgIpc) is 2.62. The van der Waals surface area contributed by atoms with Crippen molar-refractivity contribution in [3.05, 3.63) is 11.8 Å². The van der Waals surface area contributed by atoms with E-state index in [1.165, 1.54) is 18.5 Å². The molecule has 0 bridgehead atoms. The highest BCUT2D eigenvalue weighted by Gasteiger charge is 2.27. The molecule has 0 radical (unpaired) electrons. The van der Waals surface area contributed by atoms with Gasteiger partial charge in [-0.2, -0.15) is 0 Å². The summed E-state index contributed by atoms with van der Waals surface area (Å²) in [5, 5.41) is 7.30. The number of ether oxygens (including phenoxy) is 1. The van der Waals surface area contributed by atoms with Crippen LogP contribution in [-0.4, -0.2) is 16.3 Å². The highest BCUT2D eigenvalue weighted by Crippen LogP contribution is 2.31. The van der Waals surface area contributed by atoms with Crippen LogP contribution in [0.25, 0.3) is 0 Å². The zero-order chi connectivity index (χ0) is 11.7. The maximum Gasteiger partial charge on any atom is 0.233 e. The Balaban J connectivity index is 1.92. The monoisotopic (exact) mass is 222 g/mol. The molecule has 1 heterocycles. The predicted molar refractivity (Wildman–Crippen MR) is 64.7 cm³/mol. The molecular weight excluding hydrogens is 200 g/mol. The third-order valence-electron chi connectivity index (χ3n) is 3.68. The molecule has 3 nitrogen and oxygen atoms in total. The fourth-order valence-corrected chi connectivity index (χ4v) is 2.07. The molecule has 1 saturated carbocycles. The van der Waals surface area contributed by atoms with Gasteiger partial charge in [0.2, 0.25) is 5.88 Å². The minimum atomic E-state index is 0.389. The summed E-state index contributed by atoms with van der Waals surface area (Å²) in [5.74, 6) is 2.71. The molecule has 0 aliphatic heterocycles. The Kier molecular flexibility index (Phi) is 3.22. The summed E-state index contributed by atoms with van der Waals surface area (Å²) in [6, 6.07) is 2.05. The summed E-state index contributed by atoms with van der Waals surface area (Å²) in [7, 11) is 0. The largest absolute Gasteiger partial charge is 0.473 e. The smallest absolute Gasteiger partial charge is 0.233 e. The fraction of sp³-hybridized carbons (Fsp3) is 0.769. The second-order valence-corrected chi connectivity index (χ2v) is 5.51. The number of nitrogens with zero attached hydrogens (tertiary/aromatic N) is 1. The van der Waals surface area contributed by atoms with Crippen molar-refractivity contribution in [2.45, 2.75) is 52.6 Å². The highest BCUT2D eigenvalue weighted by atomic mass is 16.5. The Morgan fingerprint density at radius 3 is 2.62 bits per heavy atom. The molecule has 16 heavy (non-hydrogen) atoms. The van der Waals surface area contributed by atoms with Crippen LogP contribution in [0.3, 0.4) is 0 Å². The topological polar surface area (TPSA) is 37.9 Å². The second-order valence-electron chi connectivity index (χ2n) is 5.51. The van der Waals surface area contributed by atoms with Gasteiger partial charge < -0.3 is 4.74 Å². The summed E-state index contributed by atoms with van der Waals surface area (Å²) in [5.41, 5.74) is 1.18. The second kappa shape index (κ2) is 4.48. The van der Waals surface area contributed by atoms with E-state index < -0.39 is 0 Å². The molecule has 1 aliphatic carbocycles. The maximum atomic E-state index is 5.79. The normalized spacial score (nSPS) is 26.6. The van der Waals surface area contributed by atoms with Crippen LogP contribution >= 0.6 is 0 Å². The molecular formula is C13H22N2O. The molecule has 1 fully saturated rings. The lowest BCUT2D eigenvalue weighted by Crippen LogP contribution is -2.31. The molecule has 1 aromatic rings. The lowest BCUT2D eigenvalue weighted by Gasteiger charge is -2.31. The van der Waals surface area contributed by atoms with E-state index in [1.807, 2.05) is 6.07 Å². The van der Waals surface area contributed by atoms with Crippen molar-refractivity contribution in [3.8, 4) is 5.88 Å². The predicted octanol–water partition coefficient (Wildman–Crippen LogP) is 3.35. The van der Waals surface area contributed by atoms with Gasteiger partial charge in [-0.3, -0.25) is 5.10 Å². The van der Waals surface area contributed by atoms with Crippen LogP contribution < -0.4 is 4.74 Å². The van der Waals surface area contributed by atoms with Crippen LogP contribution in [0, 0.1) is 11.8 Å². The lowest BCUT2D eigenvalue weighted by atomic mass is 9.84. The van der Waals surface area contributed by atoms with Crippen LogP contribution in [0.5, 0.6) is 5.88 Å². The van der Waals surface area contributed by atoms with Gasteiger partial charge in [-0.05, 0) is 24.7 Å². The van der Waals surface area contributed by atoms with Gasteiger partial charge in [0, 0.05) is 17.7 Å². The molecule has 3 heteroatoms. The fourth-order valence-electron chi connectivity index (χ4n) is 2.07. The van der Waals surface area contributed by atoms with E-state index in [0.717, 1.165) is 11.8 Å². The number of aromatic nitrogens is 2. The lowest BCUT2D eigenvalue weighted by molar-refractivity contribution is 0.0695. The van der Waals surface area contributed by atoms with Crippen molar-refractivity contribution in [1.29, 1.82) is 0 Å². The van der Waals surface area contributed by atoms with E-state index in [-0.39, 0.29) is 0 Å². The van der Waals surface area contributed by atoms with Crippen molar-refractivity contribution in [1.82, 2.24) is 10.2 Å². The Bertz CT molecular complexity index is 339. The van der Waals surface area contributed by atoms with Crippen molar-refractivity contribution in [2.24, 2.45) is 11.8 Å². The van der Waals surface area contributed by atoms with Crippen LogP contribution in [0.4, 0.5) is 0 Å². The molecule has 1 aliphatic rings. The van der Waals surface area contributed by atoms with Crippen molar-refractivity contribution >= 4 is 0 Å². The van der Waals surface area contributed by atoms with Crippen molar-refractivity contribution in [2.75, 3.05) is 0 Å². The first-order chi connectivity index (χ1) is 7.56. The van der Waals surface area contributed by atoms with Crippen molar-refractivity contribution in [3.63, 3.8) is 0 Å². The molecule has 0 saturated heterocycles. The molecule has 1 unspecified atom stereocenters. The summed E-state index contributed by atoms with van der Waals surface area (Å²) in [6.07, 6.45) is 2.73. The molecule has 90 valence electrons. The average molecular weight is 222 g/mol. The number of H-pyrrole nitrogens is 1. The summed E-state index contributed by atoms with van der Waals surface area (Å²) in [4.78, 5) is 0. The molecule has 2 rings (SSSR count). The van der Waals surface area contributed by atoms with E-state index in [2.05, 4.69) is 37.9 Å². The highest BCUT2D eigenvalue weighted by molar-refractivity contribution is 5.18. The van der Waals surface area contributed by atoms with E-state index in [1.54, 1.807) is 0 Å². The first-order valence-corrected chi connectivity index (χ1v) is 6.28. The first kappa shape index (κ1) is 11.5.